The number of aromatic hydroxyl groups is 1. The van der Waals surface area contributed by atoms with Crippen molar-refractivity contribution >= 4 is 12.0 Å². The zero-order valence-electron chi connectivity index (χ0n) is 15.7. The molecule has 2 rings (SSSR count). The highest BCUT2D eigenvalue weighted by atomic mass is 16.4. The lowest BCUT2D eigenvalue weighted by Crippen LogP contribution is -2.43. The molecule has 1 unspecified atom stereocenters. The number of rotatable bonds is 10. The predicted octanol–water partition coefficient (Wildman–Crippen LogP) is 2.39. The number of phenolic OH excluding ortho intramolecular Hbond substituents is 1. The van der Waals surface area contributed by atoms with Gasteiger partial charge in [-0.25, -0.2) is 4.79 Å². The Morgan fingerprint density at radius 2 is 1.70 bits per heavy atom. The number of amides is 2. The standard InChI is InChI=1S/C20H31N3O4/c24-17-10-8-15(9-11-17)14-18(19(25)26)21-12-4-5-13-22-20(27)23-16-6-2-1-3-7-16/h8-11,16,18,21,24H,1-7,12-14H2,(H,25,26)(H2,22,23,27). The number of urea groups is 1. The van der Waals surface area contributed by atoms with Gasteiger partial charge in [0.25, 0.3) is 0 Å². The lowest BCUT2D eigenvalue weighted by Gasteiger charge is -2.22. The molecule has 1 aliphatic carbocycles. The lowest BCUT2D eigenvalue weighted by molar-refractivity contribution is -0.139. The Labute approximate surface area is 160 Å². The zero-order valence-corrected chi connectivity index (χ0v) is 15.7. The van der Waals surface area contributed by atoms with Gasteiger partial charge in [0.05, 0.1) is 0 Å². The topological polar surface area (TPSA) is 111 Å². The molecule has 1 aromatic carbocycles. The fourth-order valence-electron chi connectivity index (χ4n) is 3.33. The lowest BCUT2D eigenvalue weighted by atomic mass is 9.96. The summed E-state index contributed by atoms with van der Waals surface area (Å²) in [6.45, 7) is 1.15. The van der Waals surface area contributed by atoms with E-state index < -0.39 is 12.0 Å². The molecule has 0 saturated heterocycles. The number of nitrogens with one attached hydrogen (secondary N) is 3. The van der Waals surface area contributed by atoms with Crippen LogP contribution in [-0.2, 0) is 11.2 Å². The van der Waals surface area contributed by atoms with Crippen LogP contribution in [-0.4, -0.2) is 47.4 Å². The molecule has 0 aromatic heterocycles. The number of carbonyl (C=O) groups excluding carboxylic acids is 1. The van der Waals surface area contributed by atoms with Gasteiger partial charge in [0.15, 0.2) is 0 Å². The molecule has 1 atom stereocenters. The Kier molecular flexibility index (Phi) is 8.91. The van der Waals surface area contributed by atoms with Crippen LogP contribution in [0, 0.1) is 0 Å². The highest BCUT2D eigenvalue weighted by Crippen LogP contribution is 2.17. The molecule has 1 aromatic rings. The number of carboxylic acid groups (broad SMARTS) is 1. The van der Waals surface area contributed by atoms with Crippen molar-refractivity contribution in [1.29, 1.82) is 0 Å². The Morgan fingerprint density at radius 3 is 2.37 bits per heavy atom. The summed E-state index contributed by atoms with van der Waals surface area (Å²) in [5.74, 6) is -0.730. The van der Waals surface area contributed by atoms with Crippen molar-refractivity contribution in [2.75, 3.05) is 13.1 Å². The minimum Gasteiger partial charge on any atom is -0.508 e. The van der Waals surface area contributed by atoms with E-state index in [9.17, 15) is 19.8 Å². The fourth-order valence-corrected chi connectivity index (χ4v) is 3.33. The van der Waals surface area contributed by atoms with E-state index in [1.807, 2.05) is 0 Å². The minimum atomic E-state index is -0.895. The van der Waals surface area contributed by atoms with Gasteiger partial charge in [0.2, 0.25) is 0 Å². The molecule has 150 valence electrons. The molecular weight excluding hydrogens is 346 g/mol. The predicted molar refractivity (Wildman–Crippen MR) is 104 cm³/mol. The van der Waals surface area contributed by atoms with E-state index in [1.54, 1.807) is 24.3 Å². The van der Waals surface area contributed by atoms with E-state index in [4.69, 9.17) is 0 Å². The largest absolute Gasteiger partial charge is 0.508 e. The number of carbonyl (C=O) groups is 2. The molecule has 27 heavy (non-hydrogen) atoms. The van der Waals surface area contributed by atoms with Crippen molar-refractivity contribution in [3.05, 3.63) is 29.8 Å². The van der Waals surface area contributed by atoms with E-state index in [0.29, 0.717) is 25.6 Å². The molecule has 1 fully saturated rings. The minimum absolute atomic E-state index is 0.106. The molecule has 0 radical (unpaired) electrons. The van der Waals surface area contributed by atoms with Gasteiger partial charge >= 0.3 is 12.0 Å². The van der Waals surface area contributed by atoms with Crippen LogP contribution >= 0.6 is 0 Å². The Bertz CT molecular complexity index is 585. The van der Waals surface area contributed by atoms with Crippen molar-refractivity contribution in [3.63, 3.8) is 0 Å². The van der Waals surface area contributed by atoms with E-state index in [-0.39, 0.29) is 11.8 Å². The van der Waals surface area contributed by atoms with Gasteiger partial charge < -0.3 is 26.2 Å². The molecule has 0 spiro atoms. The van der Waals surface area contributed by atoms with E-state index in [1.165, 1.54) is 19.3 Å². The molecule has 7 heteroatoms. The van der Waals surface area contributed by atoms with Crippen LogP contribution in [0.4, 0.5) is 4.79 Å². The van der Waals surface area contributed by atoms with Crippen LogP contribution in [0.3, 0.4) is 0 Å². The van der Waals surface area contributed by atoms with Gasteiger partial charge in [0, 0.05) is 12.6 Å². The summed E-state index contributed by atoms with van der Waals surface area (Å²) in [4.78, 5) is 23.2. The van der Waals surface area contributed by atoms with Crippen LogP contribution in [0.5, 0.6) is 5.75 Å². The smallest absolute Gasteiger partial charge is 0.321 e. The first-order chi connectivity index (χ1) is 13.0. The maximum Gasteiger partial charge on any atom is 0.321 e. The number of hydrogen-bond donors (Lipinski definition) is 5. The summed E-state index contributed by atoms with van der Waals surface area (Å²) in [6.07, 6.45) is 7.69. The average Bonchev–Trinajstić information content (AvgIpc) is 2.65. The van der Waals surface area contributed by atoms with Crippen LogP contribution in [0.1, 0.15) is 50.5 Å². The van der Waals surface area contributed by atoms with Gasteiger partial charge in [-0.15, -0.1) is 0 Å². The Balaban J connectivity index is 1.57. The normalized spacial score (nSPS) is 15.9. The van der Waals surface area contributed by atoms with E-state index in [0.717, 1.165) is 31.2 Å². The summed E-state index contributed by atoms with van der Waals surface area (Å²) in [5, 5.41) is 27.6. The number of hydrogen-bond acceptors (Lipinski definition) is 4. The molecule has 0 aliphatic heterocycles. The highest BCUT2D eigenvalue weighted by molar-refractivity contribution is 5.74. The highest BCUT2D eigenvalue weighted by Gasteiger charge is 2.17. The summed E-state index contributed by atoms with van der Waals surface area (Å²) >= 11 is 0. The average molecular weight is 377 g/mol. The number of aliphatic carboxylic acids is 1. The summed E-state index contributed by atoms with van der Waals surface area (Å²) < 4.78 is 0. The maximum absolute atomic E-state index is 11.8. The third-order valence-corrected chi connectivity index (χ3v) is 4.89. The fraction of sp³-hybridized carbons (Fsp3) is 0.600. The van der Waals surface area contributed by atoms with Gasteiger partial charge in [-0.2, -0.15) is 0 Å². The van der Waals surface area contributed by atoms with Crippen LogP contribution < -0.4 is 16.0 Å². The van der Waals surface area contributed by atoms with Crippen molar-refractivity contribution in [2.45, 2.75) is 63.5 Å². The molecule has 2 amide bonds. The molecule has 1 saturated carbocycles. The monoisotopic (exact) mass is 377 g/mol. The summed E-state index contributed by atoms with van der Waals surface area (Å²) in [6, 6.07) is 6.08. The second-order valence-electron chi connectivity index (χ2n) is 7.16. The zero-order chi connectivity index (χ0) is 19.5. The van der Waals surface area contributed by atoms with E-state index in [2.05, 4.69) is 16.0 Å². The van der Waals surface area contributed by atoms with Crippen molar-refractivity contribution in [2.24, 2.45) is 0 Å². The summed E-state index contributed by atoms with van der Waals surface area (Å²) in [7, 11) is 0. The first-order valence-electron chi connectivity index (χ1n) is 9.83. The Morgan fingerprint density at radius 1 is 1.04 bits per heavy atom. The SMILES string of the molecule is O=C(NCCCCNC(Cc1ccc(O)cc1)C(=O)O)NC1CCCCC1. The van der Waals surface area contributed by atoms with Crippen molar-refractivity contribution in [1.82, 2.24) is 16.0 Å². The second-order valence-corrected chi connectivity index (χ2v) is 7.16. The van der Waals surface area contributed by atoms with Gasteiger partial charge in [0.1, 0.15) is 11.8 Å². The van der Waals surface area contributed by atoms with Gasteiger partial charge in [-0.05, 0) is 56.3 Å². The van der Waals surface area contributed by atoms with Crippen LogP contribution in [0.25, 0.3) is 0 Å². The number of unbranched alkanes of at least 4 members (excludes halogenated alkanes) is 1. The van der Waals surface area contributed by atoms with Crippen LogP contribution in [0.2, 0.25) is 0 Å². The first kappa shape index (κ1) is 21.0. The number of benzene rings is 1. The van der Waals surface area contributed by atoms with Crippen molar-refractivity contribution < 1.29 is 19.8 Å². The first-order valence-corrected chi connectivity index (χ1v) is 9.83. The molecule has 0 bridgehead atoms. The number of phenols is 1. The molecule has 5 N–H and O–H groups in total. The summed E-state index contributed by atoms with van der Waals surface area (Å²) in [5.41, 5.74) is 0.855. The third-order valence-electron chi connectivity index (χ3n) is 4.89. The van der Waals surface area contributed by atoms with Gasteiger partial charge in [-0.1, -0.05) is 31.4 Å². The second kappa shape index (κ2) is 11.4. The maximum atomic E-state index is 11.8. The number of carboxylic acids is 1. The van der Waals surface area contributed by atoms with Gasteiger partial charge in [-0.3, -0.25) is 4.79 Å². The molecular formula is C20H31N3O4. The Hall–Kier alpha value is -2.28. The molecule has 0 heterocycles. The quantitative estimate of drug-likeness (QED) is 0.402. The van der Waals surface area contributed by atoms with Crippen molar-refractivity contribution in [3.8, 4) is 5.75 Å². The van der Waals surface area contributed by atoms with E-state index >= 15 is 0 Å². The van der Waals surface area contributed by atoms with Crippen LogP contribution in [0.15, 0.2) is 24.3 Å². The third kappa shape index (κ3) is 8.30. The molecule has 1 aliphatic rings. The molecule has 7 nitrogen and oxygen atoms in total.